The number of rotatable bonds is 11. The summed E-state index contributed by atoms with van der Waals surface area (Å²) in [5.41, 5.74) is 2.82. The topological polar surface area (TPSA) is 95.4 Å². The summed E-state index contributed by atoms with van der Waals surface area (Å²) in [4.78, 5) is 28.2. The minimum atomic E-state index is -0.625. The van der Waals surface area contributed by atoms with Crippen molar-refractivity contribution >= 4 is 18.0 Å². The average molecular weight is 375 g/mol. The van der Waals surface area contributed by atoms with Gasteiger partial charge in [-0.15, -0.1) is 0 Å². The van der Waals surface area contributed by atoms with E-state index in [1.807, 2.05) is 12.3 Å². The van der Waals surface area contributed by atoms with Crippen molar-refractivity contribution in [1.82, 2.24) is 9.88 Å². The summed E-state index contributed by atoms with van der Waals surface area (Å²) in [6.45, 7) is 10.3. The SMILES string of the molecule is CCOC(=O)/C(C#N)=C/c1[nH]cc(CCCOC(C)=O)c1CN(CC)CC. The van der Waals surface area contributed by atoms with Gasteiger partial charge in [0.2, 0.25) is 0 Å². The third-order valence-electron chi connectivity index (χ3n) is 4.19. The van der Waals surface area contributed by atoms with Crippen LogP contribution in [0, 0.1) is 11.3 Å². The van der Waals surface area contributed by atoms with Crippen LogP contribution in [0.5, 0.6) is 0 Å². The molecule has 0 aliphatic rings. The van der Waals surface area contributed by atoms with E-state index in [4.69, 9.17) is 9.47 Å². The van der Waals surface area contributed by atoms with Crippen molar-refractivity contribution in [3.8, 4) is 6.07 Å². The first-order chi connectivity index (χ1) is 13.0. The zero-order valence-electron chi connectivity index (χ0n) is 16.6. The van der Waals surface area contributed by atoms with Gasteiger partial charge in [-0.05, 0) is 50.1 Å². The van der Waals surface area contributed by atoms with Crippen LogP contribution in [0.2, 0.25) is 0 Å². The van der Waals surface area contributed by atoms with E-state index < -0.39 is 5.97 Å². The zero-order valence-corrected chi connectivity index (χ0v) is 16.6. The molecule has 0 unspecified atom stereocenters. The Hall–Kier alpha value is -2.59. The molecule has 0 aliphatic heterocycles. The fourth-order valence-corrected chi connectivity index (χ4v) is 2.69. The van der Waals surface area contributed by atoms with E-state index in [-0.39, 0.29) is 18.1 Å². The van der Waals surface area contributed by atoms with Gasteiger partial charge in [-0.1, -0.05) is 13.8 Å². The lowest BCUT2D eigenvalue weighted by atomic mass is 10.0. The van der Waals surface area contributed by atoms with Crippen LogP contribution in [-0.4, -0.2) is 48.1 Å². The molecule has 0 saturated heterocycles. The van der Waals surface area contributed by atoms with Crippen molar-refractivity contribution in [2.45, 2.75) is 47.1 Å². The molecule has 0 aliphatic carbocycles. The highest BCUT2D eigenvalue weighted by Crippen LogP contribution is 2.21. The van der Waals surface area contributed by atoms with Crippen LogP contribution in [0.15, 0.2) is 11.8 Å². The van der Waals surface area contributed by atoms with Gasteiger partial charge in [0.1, 0.15) is 11.6 Å². The fourth-order valence-electron chi connectivity index (χ4n) is 2.69. The summed E-state index contributed by atoms with van der Waals surface area (Å²) >= 11 is 0. The Morgan fingerprint density at radius 3 is 2.52 bits per heavy atom. The number of aromatic amines is 1. The van der Waals surface area contributed by atoms with Gasteiger partial charge in [-0.2, -0.15) is 5.26 Å². The number of hydrogen-bond donors (Lipinski definition) is 1. The van der Waals surface area contributed by atoms with Gasteiger partial charge in [0.15, 0.2) is 0 Å². The third-order valence-corrected chi connectivity index (χ3v) is 4.19. The average Bonchev–Trinajstić information content (AvgIpc) is 3.02. The second-order valence-corrected chi connectivity index (χ2v) is 6.00. The van der Waals surface area contributed by atoms with Gasteiger partial charge < -0.3 is 14.5 Å². The number of carbonyl (C=O) groups is 2. The second kappa shape index (κ2) is 11.9. The molecule has 0 spiro atoms. The van der Waals surface area contributed by atoms with Crippen LogP contribution >= 0.6 is 0 Å². The number of carbonyl (C=O) groups excluding carboxylic acids is 2. The summed E-state index contributed by atoms with van der Waals surface area (Å²) in [6, 6.07) is 1.91. The maximum Gasteiger partial charge on any atom is 0.348 e. The molecule has 1 aromatic heterocycles. The van der Waals surface area contributed by atoms with Crippen molar-refractivity contribution in [3.05, 3.63) is 28.6 Å². The van der Waals surface area contributed by atoms with Crippen molar-refractivity contribution in [1.29, 1.82) is 5.26 Å². The Bertz CT molecular complexity index is 697. The van der Waals surface area contributed by atoms with Crippen LogP contribution in [0.25, 0.3) is 6.08 Å². The van der Waals surface area contributed by atoms with Crippen molar-refractivity contribution in [2.24, 2.45) is 0 Å². The number of aromatic nitrogens is 1. The first kappa shape index (κ1) is 22.5. The molecule has 0 amide bonds. The van der Waals surface area contributed by atoms with Crippen LogP contribution in [-0.2, 0) is 32.0 Å². The molecule has 7 nitrogen and oxygen atoms in total. The summed E-state index contributed by atoms with van der Waals surface area (Å²) in [5, 5.41) is 9.29. The summed E-state index contributed by atoms with van der Waals surface area (Å²) in [6.07, 6.45) is 4.87. The smallest absolute Gasteiger partial charge is 0.348 e. The molecule has 148 valence electrons. The van der Waals surface area contributed by atoms with E-state index in [1.165, 1.54) is 6.92 Å². The number of ether oxygens (including phenoxy) is 2. The van der Waals surface area contributed by atoms with Crippen molar-refractivity contribution in [3.63, 3.8) is 0 Å². The lowest BCUT2D eigenvalue weighted by Crippen LogP contribution is -2.23. The zero-order chi connectivity index (χ0) is 20.2. The van der Waals surface area contributed by atoms with Crippen LogP contribution in [0.1, 0.15) is 50.9 Å². The maximum absolute atomic E-state index is 11.9. The molecule has 7 heteroatoms. The van der Waals surface area contributed by atoms with E-state index in [0.29, 0.717) is 19.6 Å². The largest absolute Gasteiger partial charge is 0.466 e. The molecule has 0 radical (unpaired) electrons. The number of nitrogens with one attached hydrogen (secondary N) is 1. The number of hydrogen-bond acceptors (Lipinski definition) is 6. The highest BCUT2D eigenvalue weighted by Gasteiger charge is 2.16. The first-order valence-corrected chi connectivity index (χ1v) is 9.30. The number of aryl methyl sites for hydroxylation is 1. The predicted octanol–water partition coefficient (Wildman–Crippen LogP) is 2.82. The lowest BCUT2D eigenvalue weighted by molar-refractivity contribution is -0.141. The monoisotopic (exact) mass is 375 g/mol. The lowest BCUT2D eigenvalue weighted by Gasteiger charge is -2.19. The van der Waals surface area contributed by atoms with Gasteiger partial charge >= 0.3 is 11.9 Å². The van der Waals surface area contributed by atoms with Gasteiger partial charge in [0.25, 0.3) is 0 Å². The normalized spacial score (nSPS) is 11.3. The molecule has 0 fully saturated rings. The van der Waals surface area contributed by atoms with Crippen LogP contribution in [0.4, 0.5) is 0 Å². The first-order valence-electron chi connectivity index (χ1n) is 9.30. The highest BCUT2D eigenvalue weighted by molar-refractivity contribution is 5.97. The Labute approximate surface area is 160 Å². The third kappa shape index (κ3) is 7.27. The van der Waals surface area contributed by atoms with E-state index in [2.05, 4.69) is 23.7 Å². The number of nitriles is 1. The van der Waals surface area contributed by atoms with Gasteiger partial charge in [-0.25, -0.2) is 4.79 Å². The standard InChI is InChI=1S/C20H29N3O4/c1-5-23(6-2)14-18-16(9-8-10-27-15(4)24)13-22-19(18)11-17(12-21)20(25)26-7-3/h11,13,22H,5-10,14H2,1-4H3/b17-11+. The van der Waals surface area contributed by atoms with E-state index in [0.717, 1.165) is 36.3 Å². The molecule has 1 aromatic rings. The molecular formula is C20H29N3O4. The fraction of sp³-hybridized carbons (Fsp3) is 0.550. The molecular weight excluding hydrogens is 346 g/mol. The van der Waals surface area contributed by atoms with Crippen LogP contribution < -0.4 is 0 Å². The molecule has 0 aromatic carbocycles. The molecule has 0 atom stereocenters. The molecule has 27 heavy (non-hydrogen) atoms. The number of esters is 2. The number of nitrogens with zero attached hydrogens (tertiary/aromatic N) is 2. The molecule has 0 saturated carbocycles. The maximum atomic E-state index is 11.9. The van der Waals surface area contributed by atoms with E-state index >= 15 is 0 Å². The quantitative estimate of drug-likeness (QED) is 0.277. The Morgan fingerprint density at radius 1 is 1.26 bits per heavy atom. The minimum Gasteiger partial charge on any atom is -0.466 e. The van der Waals surface area contributed by atoms with E-state index in [9.17, 15) is 14.9 Å². The van der Waals surface area contributed by atoms with E-state index in [1.54, 1.807) is 13.0 Å². The minimum absolute atomic E-state index is 0.0361. The molecule has 1 rings (SSSR count). The number of H-pyrrole nitrogens is 1. The molecule has 1 N–H and O–H groups in total. The van der Waals surface area contributed by atoms with Crippen molar-refractivity contribution in [2.75, 3.05) is 26.3 Å². The Morgan fingerprint density at radius 2 is 1.96 bits per heavy atom. The van der Waals surface area contributed by atoms with Gasteiger partial charge in [0.05, 0.1) is 13.2 Å². The molecule has 0 bridgehead atoms. The Kier molecular flexibility index (Phi) is 9.91. The highest BCUT2D eigenvalue weighted by atomic mass is 16.5. The summed E-state index contributed by atoms with van der Waals surface area (Å²) < 4.78 is 9.93. The Balaban J connectivity index is 3.09. The van der Waals surface area contributed by atoms with Crippen molar-refractivity contribution < 1.29 is 19.1 Å². The van der Waals surface area contributed by atoms with Crippen LogP contribution in [0.3, 0.4) is 0 Å². The molecule has 1 heterocycles. The van der Waals surface area contributed by atoms with Gasteiger partial charge in [0, 0.05) is 25.4 Å². The predicted molar refractivity (Wildman–Crippen MR) is 103 cm³/mol. The second-order valence-electron chi connectivity index (χ2n) is 6.00. The summed E-state index contributed by atoms with van der Waals surface area (Å²) in [5.74, 6) is -0.913. The summed E-state index contributed by atoms with van der Waals surface area (Å²) in [7, 11) is 0. The van der Waals surface area contributed by atoms with Gasteiger partial charge in [-0.3, -0.25) is 9.69 Å².